The number of ether oxygens (including phenoxy) is 1. The molecule has 2 N–H and O–H groups in total. The van der Waals surface area contributed by atoms with Crippen molar-refractivity contribution in [3.63, 3.8) is 0 Å². The molecule has 0 amide bonds. The van der Waals surface area contributed by atoms with Crippen LogP contribution >= 0.6 is 0 Å². The molecule has 0 heterocycles. The molecule has 0 aromatic heterocycles. The molecule has 0 bridgehead atoms. The minimum Gasteiger partial charge on any atom is -0.493 e. The third-order valence-corrected chi connectivity index (χ3v) is 4.00. The fourth-order valence-corrected chi connectivity index (χ4v) is 2.57. The molecule has 1 aromatic rings. The fourth-order valence-electron chi connectivity index (χ4n) is 1.72. The molecule has 0 saturated heterocycles. The number of benzene rings is 1. The van der Waals surface area contributed by atoms with E-state index in [1.54, 1.807) is 19.1 Å². The SMILES string of the molecule is Cc1cc(S(N)(=O)=O)c(C)cc1OCC1CC1. The topological polar surface area (TPSA) is 69.4 Å². The molecular formula is C12H17NO3S. The van der Waals surface area contributed by atoms with Gasteiger partial charge in [0.1, 0.15) is 5.75 Å². The van der Waals surface area contributed by atoms with Gasteiger partial charge in [-0.05, 0) is 55.9 Å². The summed E-state index contributed by atoms with van der Waals surface area (Å²) >= 11 is 0. The van der Waals surface area contributed by atoms with Crippen molar-refractivity contribution in [3.05, 3.63) is 23.3 Å². The molecule has 17 heavy (non-hydrogen) atoms. The van der Waals surface area contributed by atoms with E-state index in [4.69, 9.17) is 9.88 Å². The maximum atomic E-state index is 11.3. The number of aryl methyl sites for hydroxylation is 2. The second kappa shape index (κ2) is 4.31. The van der Waals surface area contributed by atoms with Gasteiger partial charge in [0.2, 0.25) is 10.0 Å². The molecule has 0 aliphatic heterocycles. The predicted molar refractivity (Wildman–Crippen MR) is 65.5 cm³/mol. The van der Waals surface area contributed by atoms with Gasteiger partial charge < -0.3 is 4.74 Å². The average molecular weight is 255 g/mol. The third kappa shape index (κ3) is 2.98. The summed E-state index contributed by atoms with van der Waals surface area (Å²) in [6.45, 7) is 4.27. The van der Waals surface area contributed by atoms with Gasteiger partial charge in [0.25, 0.3) is 0 Å². The molecule has 94 valence electrons. The van der Waals surface area contributed by atoms with Crippen molar-refractivity contribution in [2.45, 2.75) is 31.6 Å². The number of hydrogen-bond acceptors (Lipinski definition) is 3. The van der Waals surface area contributed by atoms with E-state index in [-0.39, 0.29) is 4.90 Å². The Bertz CT molecular complexity index is 533. The number of sulfonamides is 1. The minimum atomic E-state index is -3.65. The molecule has 0 atom stereocenters. The van der Waals surface area contributed by atoms with Gasteiger partial charge in [-0.3, -0.25) is 0 Å². The average Bonchev–Trinajstić information content (AvgIpc) is 3.00. The van der Waals surface area contributed by atoms with Gasteiger partial charge in [0.05, 0.1) is 11.5 Å². The van der Waals surface area contributed by atoms with Gasteiger partial charge in [-0.15, -0.1) is 0 Å². The van der Waals surface area contributed by atoms with Crippen molar-refractivity contribution in [2.75, 3.05) is 6.61 Å². The van der Waals surface area contributed by atoms with Crippen molar-refractivity contribution >= 4 is 10.0 Å². The second-order valence-corrected chi connectivity index (χ2v) is 6.21. The van der Waals surface area contributed by atoms with Crippen LogP contribution < -0.4 is 9.88 Å². The first-order valence-corrected chi connectivity index (χ1v) is 7.19. The van der Waals surface area contributed by atoms with Crippen LogP contribution in [0.2, 0.25) is 0 Å². The molecule has 4 nitrogen and oxygen atoms in total. The van der Waals surface area contributed by atoms with Crippen LogP contribution in [0.15, 0.2) is 17.0 Å². The van der Waals surface area contributed by atoms with Gasteiger partial charge in [-0.1, -0.05) is 0 Å². The Morgan fingerprint density at radius 3 is 2.47 bits per heavy atom. The Labute approximate surface area is 102 Å². The van der Waals surface area contributed by atoms with E-state index in [9.17, 15) is 8.42 Å². The maximum Gasteiger partial charge on any atom is 0.238 e. The van der Waals surface area contributed by atoms with E-state index in [0.717, 1.165) is 17.9 Å². The number of nitrogens with two attached hydrogens (primary N) is 1. The Morgan fingerprint density at radius 2 is 1.94 bits per heavy atom. The Balaban J connectivity index is 2.27. The van der Waals surface area contributed by atoms with Gasteiger partial charge in [-0.2, -0.15) is 0 Å². The lowest BCUT2D eigenvalue weighted by atomic mass is 10.1. The number of primary sulfonamides is 1. The van der Waals surface area contributed by atoms with E-state index in [0.29, 0.717) is 11.5 Å². The smallest absolute Gasteiger partial charge is 0.238 e. The zero-order valence-electron chi connectivity index (χ0n) is 10.1. The Hall–Kier alpha value is -1.07. The van der Waals surface area contributed by atoms with Crippen molar-refractivity contribution in [1.29, 1.82) is 0 Å². The highest BCUT2D eigenvalue weighted by Crippen LogP contribution is 2.31. The summed E-state index contributed by atoms with van der Waals surface area (Å²) in [6, 6.07) is 3.32. The number of hydrogen-bond donors (Lipinski definition) is 1. The highest BCUT2D eigenvalue weighted by atomic mass is 32.2. The fraction of sp³-hybridized carbons (Fsp3) is 0.500. The highest BCUT2D eigenvalue weighted by molar-refractivity contribution is 7.89. The largest absolute Gasteiger partial charge is 0.493 e. The highest BCUT2D eigenvalue weighted by Gasteiger charge is 2.22. The van der Waals surface area contributed by atoms with E-state index in [1.807, 2.05) is 6.92 Å². The van der Waals surface area contributed by atoms with E-state index in [2.05, 4.69) is 0 Å². The van der Waals surface area contributed by atoms with Crippen molar-refractivity contribution < 1.29 is 13.2 Å². The van der Waals surface area contributed by atoms with Gasteiger partial charge in [-0.25, -0.2) is 13.6 Å². The molecule has 2 rings (SSSR count). The van der Waals surface area contributed by atoms with Crippen LogP contribution in [0.5, 0.6) is 5.75 Å². The lowest BCUT2D eigenvalue weighted by Crippen LogP contribution is -2.14. The Morgan fingerprint density at radius 1 is 1.29 bits per heavy atom. The van der Waals surface area contributed by atoms with Crippen LogP contribution in [0.25, 0.3) is 0 Å². The third-order valence-electron chi connectivity index (χ3n) is 2.95. The molecule has 0 radical (unpaired) electrons. The molecule has 1 aliphatic carbocycles. The zero-order valence-corrected chi connectivity index (χ0v) is 10.9. The van der Waals surface area contributed by atoms with Crippen molar-refractivity contribution in [1.82, 2.24) is 0 Å². The Kier molecular flexibility index (Phi) is 3.14. The maximum absolute atomic E-state index is 11.3. The predicted octanol–water partition coefficient (Wildman–Crippen LogP) is 1.74. The quantitative estimate of drug-likeness (QED) is 0.891. The van der Waals surface area contributed by atoms with Crippen LogP contribution in [-0.4, -0.2) is 15.0 Å². The molecule has 1 aromatic carbocycles. The van der Waals surface area contributed by atoms with Crippen LogP contribution in [0.3, 0.4) is 0 Å². The molecule has 1 aliphatic rings. The van der Waals surface area contributed by atoms with Gasteiger partial charge >= 0.3 is 0 Å². The summed E-state index contributed by atoms with van der Waals surface area (Å²) in [5.41, 5.74) is 1.43. The van der Waals surface area contributed by atoms with E-state index in [1.165, 1.54) is 12.8 Å². The molecular weight excluding hydrogens is 238 g/mol. The molecule has 0 spiro atoms. The second-order valence-electron chi connectivity index (χ2n) is 4.68. The first kappa shape index (κ1) is 12.4. The molecule has 1 saturated carbocycles. The normalized spacial score (nSPS) is 15.9. The molecule has 0 unspecified atom stereocenters. The summed E-state index contributed by atoms with van der Waals surface area (Å²) in [5.74, 6) is 1.43. The first-order valence-electron chi connectivity index (χ1n) is 5.65. The van der Waals surface area contributed by atoms with Crippen LogP contribution in [-0.2, 0) is 10.0 Å². The lowest BCUT2D eigenvalue weighted by Gasteiger charge is -2.12. The summed E-state index contributed by atoms with van der Waals surface area (Å²) in [6.07, 6.45) is 2.46. The monoisotopic (exact) mass is 255 g/mol. The zero-order chi connectivity index (χ0) is 12.6. The molecule has 1 fully saturated rings. The number of rotatable bonds is 4. The van der Waals surface area contributed by atoms with Crippen LogP contribution in [0.4, 0.5) is 0 Å². The molecule has 5 heteroatoms. The first-order chi connectivity index (χ1) is 7.88. The van der Waals surface area contributed by atoms with Gasteiger partial charge in [0, 0.05) is 0 Å². The van der Waals surface area contributed by atoms with Crippen molar-refractivity contribution in [3.8, 4) is 5.75 Å². The van der Waals surface area contributed by atoms with Gasteiger partial charge in [0.15, 0.2) is 0 Å². The van der Waals surface area contributed by atoms with E-state index >= 15 is 0 Å². The lowest BCUT2D eigenvalue weighted by molar-refractivity contribution is 0.297. The van der Waals surface area contributed by atoms with E-state index < -0.39 is 10.0 Å². The summed E-state index contributed by atoms with van der Waals surface area (Å²) in [7, 11) is -3.65. The van der Waals surface area contributed by atoms with Crippen molar-refractivity contribution in [2.24, 2.45) is 11.1 Å². The van der Waals surface area contributed by atoms with Crippen LogP contribution in [0.1, 0.15) is 24.0 Å². The standard InChI is InChI=1S/C12H17NO3S/c1-8-6-12(17(13,14)15)9(2)5-11(8)16-7-10-3-4-10/h5-6,10H,3-4,7H2,1-2H3,(H2,13,14,15). The summed E-state index contributed by atoms with van der Waals surface area (Å²) < 4.78 is 28.3. The van der Waals surface area contributed by atoms with Crippen LogP contribution in [0, 0.1) is 19.8 Å². The minimum absolute atomic E-state index is 0.175. The summed E-state index contributed by atoms with van der Waals surface area (Å²) in [4.78, 5) is 0.175. The summed E-state index contributed by atoms with van der Waals surface area (Å²) in [5, 5.41) is 5.14.